The summed E-state index contributed by atoms with van der Waals surface area (Å²) in [5, 5.41) is 14.1. The quantitative estimate of drug-likeness (QED) is 0.512. The summed E-state index contributed by atoms with van der Waals surface area (Å²) in [4.78, 5) is 13.6. The van der Waals surface area contributed by atoms with Crippen LogP contribution in [0.4, 0.5) is 10.1 Å². The van der Waals surface area contributed by atoms with Crippen LogP contribution in [-0.4, -0.2) is 39.1 Å². The summed E-state index contributed by atoms with van der Waals surface area (Å²) in [6.07, 6.45) is 3.14. The van der Waals surface area contributed by atoms with E-state index < -0.39 is 5.82 Å². The molecule has 6 nitrogen and oxygen atoms in total. The van der Waals surface area contributed by atoms with Crippen LogP contribution in [0.25, 0.3) is 11.4 Å². The van der Waals surface area contributed by atoms with Crippen molar-refractivity contribution in [1.82, 2.24) is 14.8 Å². The third-order valence-electron chi connectivity index (χ3n) is 4.87. The highest BCUT2D eigenvalue weighted by Crippen LogP contribution is 2.29. The van der Waals surface area contributed by atoms with Crippen LogP contribution in [0.15, 0.2) is 40.9 Å². The van der Waals surface area contributed by atoms with Crippen LogP contribution < -0.4 is 5.32 Å². The lowest BCUT2D eigenvalue weighted by Gasteiger charge is -2.14. The van der Waals surface area contributed by atoms with Gasteiger partial charge in [-0.15, -0.1) is 21.5 Å². The highest BCUT2D eigenvalue weighted by molar-refractivity contribution is 7.99. The van der Waals surface area contributed by atoms with E-state index in [0.29, 0.717) is 11.7 Å². The number of nitrogens with zero attached hydrogens (tertiary/aromatic N) is 3. The second-order valence-corrected chi connectivity index (χ2v) is 8.96. The molecule has 1 aromatic carbocycles. The normalized spacial score (nSPS) is 16.1. The first-order chi connectivity index (χ1) is 14.6. The van der Waals surface area contributed by atoms with Crippen LogP contribution >= 0.6 is 23.1 Å². The van der Waals surface area contributed by atoms with Crippen LogP contribution in [0.2, 0.25) is 0 Å². The Morgan fingerprint density at radius 2 is 2.27 bits per heavy atom. The number of hydrogen-bond acceptors (Lipinski definition) is 6. The van der Waals surface area contributed by atoms with Crippen molar-refractivity contribution in [3.05, 3.63) is 46.4 Å². The minimum absolute atomic E-state index is 0.113. The molecule has 4 rings (SSSR count). The molecule has 1 N–H and O–H groups in total. The number of amides is 1. The molecule has 0 spiro atoms. The summed E-state index contributed by atoms with van der Waals surface area (Å²) >= 11 is 3.00. The highest BCUT2D eigenvalue weighted by atomic mass is 32.2. The first-order valence-corrected chi connectivity index (χ1v) is 11.8. The molecule has 1 fully saturated rings. The van der Waals surface area contributed by atoms with Gasteiger partial charge in [-0.3, -0.25) is 9.36 Å². The van der Waals surface area contributed by atoms with E-state index in [4.69, 9.17) is 4.74 Å². The number of benzene rings is 1. The number of carbonyl (C=O) groups is 1. The monoisotopic (exact) mass is 446 g/mol. The van der Waals surface area contributed by atoms with Gasteiger partial charge in [-0.25, -0.2) is 4.39 Å². The molecule has 2 aromatic heterocycles. The number of nitrogens with one attached hydrogen (secondary N) is 1. The lowest BCUT2D eigenvalue weighted by atomic mass is 10.2. The molecule has 30 heavy (non-hydrogen) atoms. The third-order valence-corrected chi connectivity index (χ3v) is 6.92. The first kappa shape index (κ1) is 21.0. The van der Waals surface area contributed by atoms with Gasteiger partial charge in [0.2, 0.25) is 5.91 Å². The molecule has 0 bridgehead atoms. The van der Waals surface area contributed by atoms with Crippen LogP contribution in [0.3, 0.4) is 0 Å². The summed E-state index contributed by atoms with van der Waals surface area (Å²) in [6.45, 7) is 3.55. The Balaban J connectivity index is 1.50. The van der Waals surface area contributed by atoms with E-state index in [2.05, 4.69) is 33.9 Å². The number of hydrogen-bond donors (Lipinski definition) is 1. The molecule has 158 valence electrons. The molecule has 1 aliphatic rings. The number of halogens is 1. The van der Waals surface area contributed by atoms with Crippen molar-refractivity contribution < 1.29 is 13.9 Å². The number of anilines is 1. The van der Waals surface area contributed by atoms with Crippen molar-refractivity contribution in [3.8, 4) is 11.4 Å². The fourth-order valence-electron chi connectivity index (χ4n) is 3.33. The second kappa shape index (κ2) is 9.72. The van der Waals surface area contributed by atoms with Crippen molar-refractivity contribution in [3.63, 3.8) is 0 Å². The molecule has 3 aromatic rings. The number of thioether (sulfide) groups is 1. The third kappa shape index (κ3) is 4.91. The van der Waals surface area contributed by atoms with E-state index in [1.165, 1.54) is 28.8 Å². The molecule has 1 aliphatic heterocycles. The molecule has 1 amide bonds. The van der Waals surface area contributed by atoms with Gasteiger partial charge >= 0.3 is 0 Å². The Labute approximate surface area is 182 Å². The Morgan fingerprint density at radius 1 is 1.40 bits per heavy atom. The standard InChI is InChI=1S/C21H23FN4O2S2/c1-2-16-10-14(12-29-16)20-24-25-21(26(20)11-15-6-5-9-28-15)30-13-19(27)23-18-8-4-3-7-17(18)22/h3-4,7-8,10,12,15H,2,5-6,9,11,13H2,1H3,(H,23,27). The van der Waals surface area contributed by atoms with Crippen molar-refractivity contribution in [2.24, 2.45) is 0 Å². The first-order valence-electron chi connectivity index (χ1n) is 9.93. The van der Waals surface area contributed by atoms with E-state index in [9.17, 15) is 9.18 Å². The Morgan fingerprint density at radius 3 is 3.00 bits per heavy atom. The van der Waals surface area contributed by atoms with Gasteiger partial charge in [-0.05, 0) is 37.5 Å². The number of rotatable bonds is 8. The molecule has 1 atom stereocenters. The van der Waals surface area contributed by atoms with Crippen LogP contribution in [0.1, 0.15) is 24.6 Å². The molecular formula is C21H23FN4O2S2. The van der Waals surface area contributed by atoms with Gasteiger partial charge in [0.1, 0.15) is 5.82 Å². The SMILES string of the molecule is CCc1cc(-c2nnc(SCC(=O)Nc3ccccc3F)n2CC2CCCO2)cs1. The zero-order chi connectivity index (χ0) is 20.9. The summed E-state index contributed by atoms with van der Waals surface area (Å²) in [7, 11) is 0. The lowest BCUT2D eigenvalue weighted by molar-refractivity contribution is -0.113. The molecule has 0 aliphatic carbocycles. The Bertz CT molecular complexity index is 1010. The highest BCUT2D eigenvalue weighted by Gasteiger charge is 2.23. The molecule has 0 saturated carbocycles. The predicted octanol–water partition coefficient (Wildman–Crippen LogP) is 4.62. The van der Waals surface area contributed by atoms with Crippen molar-refractivity contribution in [2.45, 2.75) is 44.0 Å². The van der Waals surface area contributed by atoms with Crippen LogP contribution in [-0.2, 0) is 22.5 Å². The number of thiophene rings is 1. The zero-order valence-corrected chi connectivity index (χ0v) is 18.3. The second-order valence-electron chi connectivity index (χ2n) is 7.02. The predicted molar refractivity (Wildman–Crippen MR) is 117 cm³/mol. The van der Waals surface area contributed by atoms with Crippen molar-refractivity contribution >= 4 is 34.7 Å². The number of aromatic nitrogens is 3. The van der Waals surface area contributed by atoms with Crippen molar-refractivity contribution in [2.75, 3.05) is 17.7 Å². The maximum Gasteiger partial charge on any atom is 0.234 e. The van der Waals surface area contributed by atoms with Crippen LogP contribution in [0, 0.1) is 5.82 Å². The molecule has 0 radical (unpaired) electrons. The van der Waals surface area contributed by atoms with Crippen LogP contribution in [0.5, 0.6) is 0 Å². The Hall–Kier alpha value is -2.23. The fourth-order valence-corrected chi connectivity index (χ4v) is 4.89. The van der Waals surface area contributed by atoms with Gasteiger partial charge in [0.15, 0.2) is 11.0 Å². The molecule has 1 unspecified atom stereocenters. The Kier molecular flexibility index (Phi) is 6.81. The molecule has 9 heteroatoms. The number of aryl methyl sites for hydroxylation is 1. The maximum absolute atomic E-state index is 13.8. The molecular weight excluding hydrogens is 423 g/mol. The van der Waals surface area contributed by atoms with E-state index in [1.54, 1.807) is 23.5 Å². The minimum atomic E-state index is -0.455. The smallest absolute Gasteiger partial charge is 0.234 e. The fraction of sp³-hybridized carbons (Fsp3) is 0.381. The zero-order valence-electron chi connectivity index (χ0n) is 16.6. The maximum atomic E-state index is 13.8. The topological polar surface area (TPSA) is 69.0 Å². The number of ether oxygens (including phenoxy) is 1. The van der Waals surface area contributed by atoms with Crippen molar-refractivity contribution in [1.29, 1.82) is 0 Å². The minimum Gasteiger partial charge on any atom is -0.376 e. The average molecular weight is 447 g/mol. The van der Waals surface area contributed by atoms with Gasteiger partial charge in [0.05, 0.1) is 24.1 Å². The lowest BCUT2D eigenvalue weighted by Crippen LogP contribution is -2.18. The van der Waals surface area contributed by atoms with E-state index in [-0.39, 0.29) is 23.5 Å². The summed E-state index contributed by atoms with van der Waals surface area (Å²) < 4.78 is 21.6. The van der Waals surface area contributed by atoms with Gasteiger partial charge < -0.3 is 10.1 Å². The van der Waals surface area contributed by atoms with E-state index >= 15 is 0 Å². The molecule has 3 heterocycles. The van der Waals surface area contributed by atoms with E-state index in [0.717, 1.165) is 37.3 Å². The van der Waals surface area contributed by atoms with Gasteiger partial charge in [-0.2, -0.15) is 0 Å². The number of para-hydroxylation sites is 1. The average Bonchev–Trinajstić information content (AvgIpc) is 3.49. The van der Waals surface area contributed by atoms with Gasteiger partial charge in [0.25, 0.3) is 0 Å². The van der Waals surface area contributed by atoms with Gasteiger partial charge in [0, 0.05) is 22.4 Å². The summed E-state index contributed by atoms with van der Waals surface area (Å²) in [5.41, 5.74) is 1.21. The van der Waals surface area contributed by atoms with E-state index in [1.807, 2.05) is 4.57 Å². The van der Waals surface area contributed by atoms with Gasteiger partial charge in [-0.1, -0.05) is 30.8 Å². The summed E-state index contributed by atoms with van der Waals surface area (Å²) in [5.74, 6) is 0.159. The number of carbonyl (C=O) groups excluding carboxylic acids is 1. The summed E-state index contributed by atoms with van der Waals surface area (Å²) in [6, 6.07) is 8.27. The largest absolute Gasteiger partial charge is 0.376 e. The molecule has 1 saturated heterocycles.